The van der Waals surface area contributed by atoms with Gasteiger partial charge in [-0.2, -0.15) is 4.31 Å². The molecule has 0 unspecified atom stereocenters. The van der Waals surface area contributed by atoms with Gasteiger partial charge in [-0.15, -0.1) is 16.4 Å². The van der Waals surface area contributed by atoms with Crippen LogP contribution in [0.5, 0.6) is 5.88 Å². The SMILES string of the molecule is CC[C@@H]1CN(Cc2nc([C@@H](c3ccc4c(nnn4CC)c3C)C(C)(C)C(=O)OCc3ccccc3)sc2C)S(=O)(=O)c2cccnc2O1. The third-order valence-corrected chi connectivity index (χ3v) is 11.9. The molecule has 0 spiro atoms. The lowest BCUT2D eigenvalue weighted by Gasteiger charge is -2.32. The first kappa shape index (κ1) is 33.7. The van der Waals surface area contributed by atoms with E-state index in [0.717, 1.165) is 32.6 Å². The number of sulfonamides is 1. The van der Waals surface area contributed by atoms with Gasteiger partial charge in [-0.05, 0) is 75.9 Å². The molecule has 0 radical (unpaired) electrons. The number of aromatic nitrogens is 5. The maximum atomic E-state index is 14.0. The van der Waals surface area contributed by atoms with Crippen LogP contribution in [0.2, 0.25) is 0 Å². The van der Waals surface area contributed by atoms with Crippen molar-refractivity contribution < 1.29 is 22.7 Å². The number of fused-ring (bicyclic) bond motifs is 2. The number of benzene rings is 2. The van der Waals surface area contributed by atoms with E-state index in [-0.39, 0.29) is 42.5 Å². The van der Waals surface area contributed by atoms with E-state index in [1.807, 2.05) is 88.7 Å². The third kappa shape index (κ3) is 6.22. The first-order valence-corrected chi connectivity index (χ1v) is 18.3. The normalized spacial score (nSPS) is 17.0. The van der Waals surface area contributed by atoms with Gasteiger partial charge in [0.05, 0.1) is 35.6 Å². The summed E-state index contributed by atoms with van der Waals surface area (Å²) in [5, 5.41) is 9.49. The van der Waals surface area contributed by atoms with Crippen molar-refractivity contribution in [2.75, 3.05) is 6.54 Å². The van der Waals surface area contributed by atoms with Gasteiger partial charge in [0.2, 0.25) is 15.9 Å². The minimum Gasteiger partial charge on any atom is -0.472 e. The fraction of sp³-hybridized carbons (Fsp3) is 0.400. The standard InChI is InChI=1S/C35H40N6O5S2/c1-7-25-19-40(48(43,44)29-15-12-18-36-32(29)46-25)20-27-23(4)47-33(37-27)30(26-16-17-28-31(22(26)3)38-39-41(28)8-2)35(5,6)34(42)45-21-24-13-10-9-11-14-24/h9-18,25,30H,7-8,19-21H2,1-6H3/t25-,30-/m1/s1. The van der Waals surface area contributed by atoms with Crippen LogP contribution in [-0.4, -0.2) is 56.3 Å². The average Bonchev–Trinajstić information content (AvgIpc) is 3.64. The van der Waals surface area contributed by atoms with E-state index in [1.165, 1.54) is 27.9 Å². The molecule has 2 atom stereocenters. The summed E-state index contributed by atoms with van der Waals surface area (Å²) in [5.41, 5.74) is 3.91. The second-order valence-corrected chi connectivity index (χ2v) is 15.7. The molecule has 0 fully saturated rings. The van der Waals surface area contributed by atoms with Crippen molar-refractivity contribution in [3.63, 3.8) is 0 Å². The van der Waals surface area contributed by atoms with Crippen molar-refractivity contribution in [3.8, 4) is 5.88 Å². The molecule has 5 aromatic rings. The highest BCUT2D eigenvalue weighted by atomic mass is 32.2. The van der Waals surface area contributed by atoms with Crippen molar-refractivity contribution in [2.45, 2.75) is 84.6 Å². The van der Waals surface area contributed by atoms with Crippen LogP contribution in [0.4, 0.5) is 0 Å². The Bertz CT molecular complexity index is 2060. The molecule has 0 saturated heterocycles. The minimum absolute atomic E-state index is 0.0401. The predicted molar refractivity (Wildman–Crippen MR) is 183 cm³/mol. The van der Waals surface area contributed by atoms with E-state index in [9.17, 15) is 13.2 Å². The summed E-state index contributed by atoms with van der Waals surface area (Å²) in [4.78, 5) is 24.2. The van der Waals surface area contributed by atoms with Crippen LogP contribution in [-0.2, 0) is 39.3 Å². The van der Waals surface area contributed by atoms with Gasteiger partial charge in [-0.25, -0.2) is 23.1 Å². The molecule has 48 heavy (non-hydrogen) atoms. The second kappa shape index (κ2) is 13.4. The number of aryl methyl sites for hydroxylation is 3. The Morgan fingerprint density at radius 1 is 1.10 bits per heavy atom. The molecule has 252 valence electrons. The van der Waals surface area contributed by atoms with E-state index in [4.69, 9.17) is 14.5 Å². The summed E-state index contributed by atoms with van der Waals surface area (Å²) in [6.07, 6.45) is 1.77. The number of ether oxygens (including phenoxy) is 2. The fourth-order valence-corrected chi connectivity index (χ4v) is 8.90. The quantitative estimate of drug-likeness (QED) is 0.158. The number of carbonyl (C=O) groups excluding carboxylic acids is 1. The van der Waals surface area contributed by atoms with Crippen LogP contribution in [0.1, 0.15) is 72.3 Å². The Hall–Kier alpha value is -4.20. The van der Waals surface area contributed by atoms with Gasteiger partial charge in [-0.3, -0.25) is 4.79 Å². The number of pyridine rings is 1. The van der Waals surface area contributed by atoms with E-state index >= 15 is 0 Å². The smallest absolute Gasteiger partial charge is 0.312 e. The molecule has 3 aromatic heterocycles. The molecule has 0 amide bonds. The Kier molecular flexibility index (Phi) is 9.38. The number of thiazole rings is 1. The van der Waals surface area contributed by atoms with Crippen LogP contribution < -0.4 is 4.74 Å². The summed E-state index contributed by atoms with van der Waals surface area (Å²) >= 11 is 1.46. The lowest BCUT2D eigenvalue weighted by Crippen LogP contribution is -2.36. The van der Waals surface area contributed by atoms with Gasteiger partial charge in [0.25, 0.3) is 0 Å². The maximum absolute atomic E-state index is 14.0. The van der Waals surface area contributed by atoms with Crippen molar-refractivity contribution in [1.29, 1.82) is 0 Å². The Morgan fingerprint density at radius 3 is 2.60 bits per heavy atom. The van der Waals surface area contributed by atoms with Gasteiger partial charge in [0.1, 0.15) is 28.1 Å². The van der Waals surface area contributed by atoms with Crippen LogP contribution in [0.3, 0.4) is 0 Å². The number of esters is 1. The van der Waals surface area contributed by atoms with Gasteiger partial charge >= 0.3 is 5.97 Å². The maximum Gasteiger partial charge on any atom is 0.312 e. The van der Waals surface area contributed by atoms with Crippen LogP contribution >= 0.6 is 11.3 Å². The lowest BCUT2D eigenvalue weighted by atomic mass is 9.73. The third-order valence-electron chi connectivity index (χ3n) is 9.03. The van der Waals surface area contributed by atoms with Crippen LogP contribution in [0, 0.1) is 19.3 Å². The van der Waals surface area contributed by atoms with E-state index in [2.05, 4.69) is 15.3 Å². The van der Waals surface area contributed by atoms with Gasteiger partial charge in [-0.1, -0.05) is 48.5 Å². The van der Waals surface area contributed by atoms with Crippen LogP contribution in [0.25, 0.3) is 11.0 Å². The molecule has 11 nitrogen and oxygen atoms in total. The predicted octanol–water partition coefficient (Wildman–Crippen LogP) is 6.18. The Labute approximate surface area is 285 Å². The van der Waals surface area contributed by atoms with Gasteiger partial charge in [0.15, 0.2) is 0 Å². The van der Waals surface area contributed by atoms with Crippen molar-refractivity contribution in [2.24, 2.45) is 5.41 Å². The van der Waals surface area contributed by atoms with E-state index in [0.29, 0.717) is 23.7 Å². The summed E-state index contributed by atoms with van der Waals surface area (Å²) in [6.45, 7) is 12.7. The highest BCUT2D eigenvalue weighted by Gasteiger charge is 2.44. The Morgan fingerprint density at radius 2 is 1.88 bits per heavy atom. The van der Waals surface area contributed by atoms with Crippen molar-refractivity contribution >= 4 is 38.4 Å². The molecular weight excluding hydrogens is 649 g/mol. The van der Waals surface area contributed by atoms with E-state index < -0.39 is 21.4 Å². The van der Waals surface area contributed by atoms with Crippen LogP contribution in [0.15, 0.2) is 65.7 Å². The highest BCUT2D eigenvalue weighted by molar-refractivity contribution is 7.89. The molecule has 4 heterocycles. The summed E-state index contributed by atoms with van der Waals surface area (Å²) < 4.78 is 43.0. The second-order valence-electron chi connectivity index (χ2n) is 12.6. The highest BCUT2D eigenvalue weighted by Crippen LogP contribution is 2.46. The van der Waals surface area contributed by atoms with Gasteiger partial charge in [0, 0.05) is 17.6 Å². The number of hydrogen-bond donors (Lipinski definition) is 0. The number of rotatable bonds is 10. The first-order chi connectivity index (χ1) is 22.9. The average molecular weight is 689 g/mol. The molecule has 1 aliphatic rings. The summed E-state index contributed by atoms with van der Waals surface area (Å²) in [5.74, 6) is -0.777. The molecule has 1 aliphatic heterocycles. The van der Waals surface area contributed by atoms with Crippen molar-refractivity contribution in [3.05, 3.63) is 93.1 Å². The molecule has 13 heteroatoms. The molecule has 0 aliphatic carbocycles. The zero-order valence-electron chi connectivity index (χ0n) is 28.0. The van der Waals surface area contributed by atoms with E-state index in [1.54, 1.807) is 6.07 Å². The molecule has 2 aromatic carbocycles. The monoisotopic (exact) mass is 688 g/mol. The molecular formula is C35H40N6O5S2. The fourth-order valence-electron chi connectivity index (χ4n) is 6.16. The number of carbonyl (C=O) groups is 1. The summed E-state index contributed by atoms with van der Waals surface area (Å²) in [6, 6.07) is 16.7. The molecule has 0 N–H and O–H groups in total. The Balaban J connectivity index is 1.41. The molecule has 6 rings (SSSR count). The lowest BCUT2D eigenvalue weighted by molar-refractivity contribution is -0.156. The van der Waals surface area contributed by atoms with Crippen molar-refractivity contribution in [1.82, 2.24) is 29.3 Å². The largest absolute Gasteiger partial charge is 0.472 e. The molecule has 0 bridgehead atoms. The zero-order valence-corrected chi connectivity index (χ0v) is 29.6. The topological polar surface area (TPSA) is 129 Å². The number of hydrogen-bond acceptors (Lipinski definition) is 10. The zero-order chi connectivity index (χ0) is 34.2. The first-order valence-electron chi connectivity index (χ1n) is 16.1. The number of nitrogens with zero attached hydrogens (tertiary/aromatic N) is 6. The van der Waals surface area contributed by atoms with Gasteiger partial charge < -0.3 is 9.47 Å². The molecule has 0 saturated carbocycles. The minimum atomic E-state index is -3.93. The summed E-state index contributed by atoms with van der Waals surface area (Å²) in [7, 11) is -3.93.